The van der Waals surface area contributed by atoms with Gasteiger partial charge in [-0.05, 0) is 42.5 Å². The molecule has 1 aromatic heterocycles. The van der Waals surface area contributed by atoms with Crippen molar-refractivity contribution in [3.05, 3.63) is 81.1 Å². The number of hydrogen-bond acceptors (Lipinski definition) is 4. The van der Waals surface area contributed by atoms with Crippen LogP contribution in [0.4, 0.5) is 10.1 Å². The van der Waals surface area contributed by atoms with Crippen LogP contribution in [0.5, 0.6) is 0 Å². The van der Waals surface area contributed by atoms with Gasteiger partial charge in [0.15, 0.2) is 5.50 Å². The van der Waals surface area contributed by atoms with Crippen LogP contribution in [0.3, 0.4) is 0 Å². The average Bonchev–Trinajstić information content (AvgIpc) is 3.26. The number of nitrogens with one attached hydrogen (secondary N) is 2. The average molecular weight is 435 g/mol. The Balaban J connectivity index is 1.52. The number of halogens is 3. The molecular formula is C20H13Cl2FN2O2S. The number of anilines is 1. The maximum Gasteiger partial charge on any atom is 0.260 e. The van der Waals surface area contributed by atoms with Crippen molar-refractivity contribution in [2.24, 2.45) is 0 Å². The molecule has 4 rings (SSSR count). The predicted molar refractivity (Wildman–Crippen MR) is 112 cm³/mol. The fourth-order valence-corrected chi connectivity index (χ4v) is 4.01. The summed E-state index contributed by atoms with van der Waals surface area (Å²) in [6.07, 6.45) is 1.63. The largest absolute Gasteiger partial charge is 0.457 e. The monoisotopic (exact) mass is 434 g/mol. The first kappa shape index (κ1) is 18.9. The van der Waals surface area contributed by atoms with Gasteiger partial charge in [-0.2, -0.15) is 0 Å². The topological polar surface area (TPSA) is 54.3 Å². The number of benzene rings is 2. The van der Waals surface area contributed by atoms with Crippen LogP contribution in [0.1, 0.15) is 5.76 Å². The fraction of sp³-hybridized carbons (Fsp3) is 0.0500. The van der Waals surface area contributed by atoms with Gasteiger partial charge >= 0.3 is 0 Å². The third-order valence-corrected chi connectivity index (χ3v) is 5.58. The van der Waals surface area contributed by atoms with E-state index in [1.165, 1.54) is 17.8 Å². The van der Waals surface area contributed by atoms with Crippen molar-refractivity contribution in [2.45, 2.75) is 5.50 Å². The number of rotatable bonds is 4. The first-order valence-electron chi connectivity index (χ1n) is 8.25. The van der Waals surface area contributed by atoms with E-state index in [0.29, 0.717) is 37.7 Å². The smallest absolute Gasteiger partial charge is 0.260 e. The zero-order valence-corrected chi connectivity index (χ0v) is 16.5. The Labute approximate surface area is 174 Å². The molecule has 1 unspecified atom stereocenters. The van der Waals surface area contributed by atoms with Crippen molar-refractivity contribution in [1.29, 1.82) is 0 Å². The van der Waals surface area contributed by atoms with E-state index in [2.05, 4.69) is 10.6 Å². The molecule has 4 nitrogen and oxygen atoms in total. The van der Waals surface area contributed by atoms with Crippen LogP contribution in [0, 0.1) is 5.82 Å². The maximum atomic E-state index is 13.8. The molecule has 0 saturated carbocycles. The van der Waals surface area contributed by atoms with E-state index in [-0.39, 0.29) is 11.7 Å². The summed E-state index contributed by atoms with van der Waals surface area (Å²) in [6.45, 7) is 0. The van der Waals surface area contributed by atoms with Crippen LogP contribution < -0.4 is 10.6 Å². The van der Waals surface area contributed by atoms with E-state index in [1.54, 1.807) is 54.6 Å². The van der Waals surface area contributed by atoms with E-state index in [9.17, 15) is 9.18 Å². The molecule has 1 saturated heterocycles. The summed E-state index contributed by atoms with van der Waals surface area (Å²) in [6, 6.07) is 14.9. The molecular weight excluding hydrogens is 422 g/mol. The molecule has 3 aromatic rings. The van der Waals surface area contributed by atoms with Crippen LogP contribution in [-0.4, -0.2) is 11.4 Å². The standard InChI is InChI=1S/C20H13Cl2FN2O2S/c21-11-5-7-14(22)13(9-11)17-8-6-12(27-17)10-18-19(26)25-20(28-18)24-16-4-2-1-3-15(16)23/h1-10,20,24H,(H,25,26)/b18-10-. The molecule has 2 heterocycles. The van der Waals surface area contributed by atoms with E-state index in [4.69, 9.17) is 27.6 Å². The molecule has 2 aromatic carbocycles. The summed E-state index contributed by atoms with van der Waals surface area (Å²) < 4.78 is 19.6. The second kappa shape index (κ2) is 7.91. The normalized spacial score (nSPS) is 17.8. The number of amides is 1. The predicted octanol–water partition coefficient (Wildman–Crippen LogP) is 5.99. The number of carbonyl (C=O) groups is 1. The minimum absolute atomic E-state index is 0.266. The molecule has 8 heteroatoms. The van der Waals surface area contributed by atoms with Crippen molar-refractivity contribution in [1.82, 2.24) is 5.32 Å². The van der Waals surface area contributed by atoms with Crippen molar-refractivity contribution in [3.63, 3.8) is 0 Å². The van der Waals surface area contributed by atoms with E-state index in [0.717, 1.165) is 0 Å². The lowest BCUT2D eigenvalue weighted by molar-refractivity contribution is -0.116. The summed E-state index contributed by atoms with van der Waals surface area (Å²) in [5, 5.41) is 6.76. The lowest BCUT2D eigenvalue weighted by atomic mass is 10.2. The zero-order valence-electron chi connectivity index (χ0n) is 14.2. The minimum atomic E-state index is -0.479. The number of carbonyl (C=O) groups excluding carboxylic acids is 1. The molecule has 2 N–H and O–H groups in total. The van der Waals surface area contributed by atoms with Crippen molar-refractivity contribution >= 4 is 52.6 Å². The van der Waals surface area contributed by atoms with Crippen LogP contribution >= 0.6 is 35.0 Å². The van der Waals surface area contributed by atoms with Crippen LogP contribution in [-0.2, 0) is 4.79 Å². The third-order valence-electron chi connectivity index (χ3n) is 3.99. The third kappa shape index (κ3) is 4.04. The molecule has 0 spiro atoms. The van der Waals surface area contributed by atoms with Gasteiger partial charge in [0.2, 0.25) is 0 Å². The van der Waals surface area contributed by atoms with Gasteiger partial charge in [-0.3, -0.25) is 4.79 Å². The zero-order chi connectivity index (χ0) is 19.7. The fourth-order valence-electron chi connectivity index (χ4n) is 2.68. The molecule has 1 amide bonds. The molecule has 1 fully saturated rings. The van der Waals surface area contributed by atoms with E-state index >= 15 is 0 Å². The molecule has 0 radical (unpaired) electrons. The highest BCUT2D eigenvalue weighted by molar-refractivity contribution is 8.05. The summed E-state index contributed by atoms with van der Waals surface area (Å²) in [5.74, 6) is 0.389. The number of hydrogen-bond donors (Lipinski definition) is 2. The van der Waals surface area contributed by atoms with Gasteiger partial charge in [-0.25, -0.2) is 4.39 Å². The Kier molecular flexibility index (Phi) is 5.35. The Morgan fingerprint density at radius 2 is 1.96 bits per heavy atom. The highest BCUT2D eigenvalue weighted by Crippen LogP contribution is 2.34. The molecule has 0 aliphatic carbocycles. The van der Waals surface area contributed by atoms with Crippen molar-refractivity contribution < 1.29 is 13.6 Å². The number of para-hydroxylation sites is 1. The second-order valence-corrected chi connectivity index (χ2v) is 7.92. The quantitative estimate of drug-likeness (QED) is 0.494. The Hall–Kier alpha value is -2.41. The van der Waals surface area contributed by atoms with Gasteiger partial charge in [0, 0.05) is 16.7 Å². The molecule has 1 atom stereocenters. The summed E-state index contributed by atoms with van der Waals surface area (Å²) >= 11 is 13.5. The number of furan rings is 1. The lowest BCUT2D eigenvalue weighted by Gasteiger charge is -2.12. The van der Waals surface area contributed by atoms with Gasteiger partial charge < -0.3 is 15.1 Å². The molecule has 142 valence electrons. The highest BCUT2D eigenvalue weighted by atomic mass is 35.5. The Bertz CT molecular complexity index is 1080. The van der Waals surface area contributed by atoms with Crippen LogP contribution in [0.25, 0.3) is 17.4 Å². The number of thioether (sulfide) groups is 1. The second-order valence-electron chi connectivity index (χ2n) is 5.93. The maximum absolute atomic E-state index is 13.8. The molecule has 1 aliphatic heterocycles. The van der Waals surface area contributed by atoms with Crippen molar-refractivity contribution in [2.75, 3.05) is 5.32 Å². The Morgan fingerprint density at radius 3 is 2.79 bits per heavy atom. The highest BCUT2D eigenvalue weighted by Gasteiger charge is 2.28. The van der Waals surface area contributed by atoms with Gasteiger partial charge in [0.1, 0.15) is 17.3 Å². The van der Waals surface area contributed by atoms with Gasteiger partial charge in [0.25, 0.3) is 5.91 Å². The summed E-state index contributed by atoms with van der Waals surface area (Å²) in [7, 11) is 0. The van der Waals surface area contributed by atoms with E-state index < -0.39 is 5.50 Å². The molecule has 1 aliphatic rings. The summed E-state index contributed by atoms with van der Waals surface area (Å²) in [5.41, 5.74) is 0.506. The first-order valence-corrected chi connectivity index (χ1v) is 9.89. The molecule has 28 heavy (non-hydrogen) atoms. The summed E-state index contributed by atoms with van der Waals surface area (Å²) in [4.78, 5) is 12.7. The van der Waals surface area contributed by atoms with Crippen LogP contribution in [0.15, 0.2) is 63.9 Å². The lowest BCUT2D eigenvalue weighted by Crippen LogP contribution is -2.31. The van der Waals surface area contributed by atoms with Crippen molar-refractivity contribution in [3.8, 4) is 11.3 Å². The minimum Gasteiger partial charge on any atom is -0.457 e. The van der Waals surface area contributed by atoms with Gasteiger partial charge in [0.05, 0.1) is 15.6 Å². The van der Waals surface area contributed by atoms with Gasteiger partial charge in [-0.1, -0.05) is 47.1 Å². The van der Waals surface area contributed by atoms with Crippen LogP contribution in [0.2, 0.25) is 10.0 Å². The SMILES string of the molecule is O=C1NC(Nc2ccccc2F)S/C1=C\c1ccc(-c2cc(Cl)ccc2Cl)o1. The molecule has 0 bridgehead atoms. The Morgan fingerprint density at radius 1 is 1.14 bits per heavy atom. The van der Waals surface area contributed by atoms with E-state index in [1.807, 2.05) is 0 Å². The van der Waals surface area contributed by atoms with Gasteiger partial charge in [-0.15, -0.1) is 0 Å². The first-order chi connectivity index (χ1) is 13.5.